The maximum Gasteiger partial charge on any atom is 0.311 e. The number of carbonyl (C=O) groups excluding carboxylic acids is 2. The number of nitrogens with zero attached hydrogens (tertiary/aromatic N) is 3. The van der Waals surface area contributed by atoms with Crippen molar-refractivity contribution in [1.82, 2.24) is 9.80 Å². The first-order valence-electron chi connectivity index (χ1n) is 12.6. The number of aliphatic imine (C=N–C) groups is 1. The van der Waals surface area contributed by atoms with Crippen LogP contribution in [0.15, 0.2) is 4.99 Å². The molecule has 1 aliphatic carbocycles. The molecule has 0 aromatic carbocycles. The number of nitrogens with two attached hydrogens (primary N) is 1. The summed E-state index contributed by atoms with van der Waals surface area (Å²) in [4.78, 5) is 34.3. The standard InChI is InChI=1S/C25H42N4O3S/c1-24(2,3)23(31)32-9-7-19-25(4,5)33-22-20(21(30)29(19)22)27-15-28-13-17-10-16(6-8-26)11-18(12-17)14-28/h15-20,22H,6-14,26H2,1-5H3/t16?,17?,18?,19-,20+,22+/m0/s1. The molecule has 3 aliphatic heterocycles. The lowest BCUT2D eigenvalue weighted by atomic mass is 9.71. The summed E-state index contributed by atoms with van der Waals surface area (Å²) >= 11 is 1.83. The second-order valence-electron chi connectivity index (χ2n) is 12.1. The van der Waals surface area contributed by atoms with Crippen LogP contribution in [0.5, 0.6) is 0 Å². The van der Waals surface area contributed by atoms with Crippen molar-refractivity contribution in [3.8, 4) is 0 Å². The molecular formula is C25H42N4O3S. The largest absolute Gasteiger partial charge is 0.465 e. The molecule has 33 heavy (non-hydrogen) atoms. The number of piperidine rings is 1. The highest BCUT2D eigenvalue weighted by molar-refractivity contribution is 8.01. The van der Waals surface area contributed by atoms with Gasteiger partial charge in [-0.25, -0.2) is 0 Å². The van der Waals surface area contributed by atoms with Crippen molar-refractivity contribution in [1.29, 1.82) is 0 Å². The van der Waals surface area contributed by atoms with Crippen molar-refractivity contribution in [2.24, 2.45) is 33.9 Å². The maximum atomic E-state index is 13.0. The van der Waals surface area contributed by atoms with Crippen LogP contribution in [0.1, 0.15) is 66.7 Å². The lowest BCUT2D eigenvalue weighted by Crippen LogP contribution is -2.63. The number of rotatable bonds is 7. The minimum absolute atomic E-state index is 0.0630. The molecule has 0 radical (unpaired) electrons. The van der Waals surface area contributed by atoms with Crippen LogP contribution in [0.4, 0.5) is 0 Å². The molecule has 4 rings (SSSR count). The maximum absolute atomic E-state index is 13.0. The van der Waals surface area contributed by atoms with Crippen molar-refractivity contribution < 1.29 is 14.3 Å². The zero-order valence-electron chi connectivity index (χ0n) is 21.0. The number of fused-ring (bicyclic) bond motifs is 3. The van der Waals surface area contributed by atoms with Crippen LogP contribution in [-0.4, -0.2) is 76.5 Å². The van der Waals surface area contributed by atoms with Crippen LogP contribution in [0.25, 0.3) is 0 Å². The summed E-state index contributed by atoms with van der Waals surface area (Å²) in [5.74, 6) is 2.17. The van der Waals surface area contributed by atoms with Crippen molar-refractivity contribution in [3.05, 3.63) is 0 Å². The van der Waals surface area contributed by atoms with E-state index in [2.05, 4.69) is 18.7 Å². The fraction of sp³-hybridized carbons (Fsp3) is 0.880. The summed E-state index contributed by atoms with van der Waals surface area (Å²) in [6.45, 7) is 13.2. The van der Waals surface area contributed by atoms with Crippen molar-refractivity contribution in [2.75, 3.05) is 26.2 Å². The third-order valence-electron chi connectivity index (χ3n) is 7.80. The molecule has 1 saturated carbocycles. The summed E-state index contributed by atoms with van der Waals surface area (Å²) in [6.07, 6.45) is 7.67. The van der Waals surface area contributed by atoms with Crippen LogP contribution in [0.3, 0.4) is 0 Å². The quantitative estimate of drug-likeness (QED) is 0.262. The van der Waals surface area contributed by atoms with E-state index in [0.29, 0.717) is 13.0 Å². The van der Waals surface area contributed by atoms with Crippen LogP contribution >= 0.6 is 11.8 Å². The smallest absolute Gasteiger partial charge is 0.311 e. The van der Waals surface area contributed by atoms with Gasteiger partial charge in [-0.05, 0) is 84.6 Å². The predicted molar refractivity (Wildman–Crippen MR) is 133 cm³/mol. The molecular weight excluding hydrogens is 436 g/mol. The average molecular weight is 479 g/mol. The minimum Gasteiger partial charge on any atom is -0.465 e. The third kappa shape index (κ3) is 5.21. The molecule has 0 aromatic rings. The van der Waals surface area contributed by atoms with E-state index in [1.54, 1.807) is 0 Å². The zero-order chi connectivity index (χ0) is 24.0. The topological polar surface area (TPSA) is 88.2 Å². The molecule has 0 aromatic heterocycles. The Labute approximate surface area is 203 Å². The number of β-lactam (4-membered cyclic amide) rings is 1. The number of esters is 1. The van der Waals surface area contributed by atoms with Gasteiger partial charge in [0.2, 0.25) is 0 Å². The molecule has 2 unspecified atom stereocenters. The van der Waals surface area contributed by atoms with Crippen LogP contribution in [0, 0.1) is 23.2 Å². The van der Waals surface area contributed by atoms with Crippen LogP contribution < -0.4 is 5.73 Å². The monoisotopic (exact) mass is 478 g/mol. The van der Waals surface area contributed by atoms with Crippen LogP contribution in [-0.2, 0) is 14.3 Å². The molecule has 0 spiro atoms. The van der Waals surface area contributed by atoms with E-state index in [-0.39, 0.29) is 34.1 Å². The van der Waals surface area contributed by atoms with Gasteiger partial charge in [0.15, 0.2) is 6.04 Å². The van der Waals surface area contributed by atoms with E-state index in [4.69, 9.17) is 15.5 Å². The normalized spacial score (nSPS) is 35.5. The Kier molecular flexibility index (Phi) is 7.08. The molecule has 8 heteroatoms. The van der Waals surface area contributed by atoms with Gasteiger partial charge < -0.3 is 20.3 Å². The highest BCUT2D eigenvalue weighted by Crippen LogP contribution is 2.52. The predicted octanol–water partition coefficient (Wildman–Crippen LogP) is 3.12. The van der Waals surface area contributed by atoms with E-state index in [1.165, 1.54) is 19.3 Å². The molecule has 186 valence electrons. The van der Waals surface area contributed by atoms with Gasteiger partial charge >= 0.3 is 5.97 Å². The number of hydrogen-bond donors (Lipinski definition) is 1. The molecule has 5 atom stereocenters. The van der Waals surface area contributed by atoms with Crippen LogP contribution in [0.2, 0.25) is 0 Å². The molecule has 7 nitrogen and oxygen atoms in total. The van der Waals surface area contributed by atoms with E-state index in [1.807, 2.05) is 43.8 Å². The summed E-state index contributed by atoms with van der Waals surface area (Å²) < 4.78 is 5.40. The first kappa shape index (κ1) is 24.8. The van der Waals surface area contributed by atoms with Crippen molar-refractivity contribution in [2.45, 2.75) is 88.9 Å². The fourth-order valence-corrected chi connectivity index (χ4v) is 7.91. The van der Waals surface area contributed by atoms with E-state index >= 15 is 0 Å². The molecule has 3 saturated heterocycles. The highest BCUT2D eigenvalue weighted by Gasteiger charge is 2.61. The summed E-state index contributed by atoms with van der Waals surface area (Å²) in [5, 5.41) is 0.0882. The van der Waals surface area contributed by atoms with Crippen molar-refractivity contribution >= 4 is 30.0 Å². The van der Waals surface area contributed by atoms with Gasteiger partial charge in [0.25, 0.3) is 5.91 Å². The Hall–Kier alpha value is -1.28. The van der Waals surface area contributed by atoms with E-state index < -0.39 is 5.41 Å². The Balaban J connectivity index is 1.31. The first-order valence-corrected chi connectivity index (χ1v) is 13.5. The lowest BCUT2D eigenvalue weighted by molar-refractivity contribution is -0.154. The number of thioether (sulfide) groups is 1. The van der Waals surface area contributed by atoms with E-state index in [0.717, 1.165) is 43.8 Å². The molecule has 2 bridgehead atoms. The van der Waals surface area contributed by atoms with Gasteiger partial charge in [-0.3, -0.25) is 14.6 Å². The Morgan fingerprint density at radius 2 is 1.88 bits per heavy atom. The second-order valence-corrected chi connectivity index (χ2v) is 13.9. The second kappa shape index (κ2) is 9.40. The molecule has 4 aliphatic rings. The summed E-state index contributed by atoms with van der Waals surface area (Å²) in [5.41, 5.74) is 5.28. The zero-order valence-corrected chi connectivity index (χ0v) is 21.8. The van der Waals surface area contributed by atoms with Gasteiger partial charge in [-0.1, -0.05) is 0 Å². The van der Waals surface area contributed by atoms with Gasteiger partial charge in [0.1, 0.15) is 5.37 Å². The van der Waals surface area contributed by atoms with Gasteiger partial charge in [-0.15, -0.1) is 11.8 Å². The van der Waals surface area contributed by atoms with Crippen molar-refractivity contribution in [3.63, 3.8) is 0 Å². The van der Waals surface area contributed by atoms with E-state index in [9.17, 15) is 9.59 Å². The number of carbonyl (C=O) groups is 2. The summed E-state index contributed by atoms with van der Waals surface area (Å²) in [7, 11) is 0. The highest BCUT2D eigenvalue weighted by atomic mass is 32.2. The lowest BCUT2D eigenvalue weighted by Gasteiger charge is -2.45. The molecule has 4 fully saturated rings. The SMILES string of the molecule is CC(C)(C)C(=O)OCC[C@@H]1N2C(=O)[C@@H](N=CN3CC4CC(CCN)CC(C4)C3)[C@H]2SC1(C)C. The average Bonchev–Trinajstić information content (AvgIpc) is 2.94. The minimum atomic E-state index is -0.507. The number of hydrogen-bond acceptors (Lipinski definition) is 6. The first-order chi connectivity index (χ1) is 15.5. The van der Waals surface area contributed by atoms with Gasteiger partial charge in [0.05, 0.1) is 24.4 Å². The number of likely N-dealkylation sites (tertiary alicyclic amines) is 1. The molecule has 2 N–H and O–H groups in total. The van der Waals surface area contributed by atoms with Gasteiger partial charge in [0, 0.05) is 24.3 Å². The Morgan fingerprint density at radius 3 is 2.48 bits per heavy atom. The number of ether oxygens (including phenoxy) is 1. The third-order valence-corrected chi connectivity index (χ3v) is 9.41. The van der Waals surface area contributed by atoms with Gasteiger partial charge in [-0.2, -0.15) is 0 Å². The Morgan fingerprint density at radius 1 is 1.21 bits per heavy atom. The molecule has 3 heterocycles. The summed E-state index contributed by atoms with van der Waals surface area (Å²) in [6, 6.07) is -0.226. The fourth-order valence-electron chi connectivity index (χ4n) is 6.22. The Bertz CT molecular complexity index is 766. The number of amides is 1. The molecule has 1 amide bonds.